The number of para-hydroxylation sites is 1. The molecule has 25 heavy (non-hydrogen) atoms. The number of rotatable bonds is 5. The minimum Gasteiger partial charge on any atom is -0.493 e. The molecule has 1 atom stereocenters. The molecule has 0 aliphatic heterocycles. The second-order valence-electron chi connectivity index (χ2n) is 5.76. The summed E-state index contributed by atoms with van der Waals surface area (Å²) < 4.78 is 10.4. The van der Waals surface area contributed by atoms with Crippen LogP contribution < -0.4 is 15.7 Å². The topological polar surface area (TPSA) is 88.8 Å². The molecule has 2 N–H and O–H groups in total. The van der Waals surface area contributed by atoms with Gasteiger partial charge in [0.1, 0.15) is 11.2 Å². The lowest BCUT2D eigenvalue weighted by Gasteiger charge is -2.22. The lowest BCUT2D eigenvalue weighted by molar-refractivity contribution is 0.0555. The first-order valence-corrected chi connectivity index (χ1v) is 8.46. The Morgan fingerprint density at radius 3 is 2.84 bits per heavy atom. The van der Waals surface area contributed by atoms with Gasteiger partial charge in [0.2, 0.25) is 0 Å². The molecule has 1 aromatic carbocycles. The second kappa shape index (κ2) is 6.70. The zero-order valence-electron chi connectivity index (χ0n) is 13.7. The SMILES string of the molecule is COc1cccc2cc(C(=O)NCC(C)(O)c3cccs3)c(=O)oc12. The first-order chi connectivity index (χ1) is 11.9. The number of hydrogen-bond acceptors (Lipinski definition) is 6. The van der Waals surface area contributed by atoms with Gasteiger partial charge in [-0.3, -0.25) is 4.79 Å². The molecule has 3 rings (SSSR count). The number of benzene rings is 1. The first-order valence-electron chi connectivity index (χ1n) is 7.58. The average molecular weight is 359 g/mol. The maximum Gasteiger partial charge on any atom is 0.349 e. The van der Waals surface area contributed by atoms with Gasteiger partial charge in [0.25, 0.3) is 5.91 Å². The molecule has 3 aromatic rings. The molecule has 0 radical (unpaired) electrons. The minimum atomic E-state index is -1.22. The molecule has 2 heterocycles. The lowest BCUT2D eigenvalue weighted by Crippen LogP contribution is -2.39. The largest absolute Gasteiger partial charge is 0.493 e. The molecule has 7 heteroatoms. The predicted molar refractivity (Wildman–Crippen MR) is 95.3 cm³/mol. The summed E-state index contributed by atoms with van der Waals surface area (Å²) in [7, 11) is 1.47. The Labute approximate surface area is 147 Å². The second-order valence-corrected chi connectivity index (χ2v) is 6.71. The normalized spacial score (nSPS) is 13.4. The van der Waals surface area contributed by atoms with Gasteiger partial charge in [0.15, 0.2) is 11.3 Å². The number of hydrogen-bond donors (Lipinski definition) is 2. The van der Waals surface area contributed by atoms with Gasteiger partial charge >= 0.3 is 5.63 Å². The zero-order valence-corrected chi connectivity index (χ0v) is 14.6. The quantitative estimate of drug-likeness (QED) is 0.683. The first kappa shape index (κ1) is 17.2. The fraction of sp³-hybridized carbons (Fsp3) is 0.222. The number of aliphatic hydroxyl groups is 1. The monoisotopic (exact) mass is 359 g/mol. The number of thiophene rings is 1. The summed E-state index contributed by atoms with van der Waals surface area (Å²) in [6.07, 6.45) is 0. The van der Waals surface area contributed by atoms with Gasteiger partial charge in [-0.05, 0) is 30.5 Å². The molecular weight excluding hydrogens is 342 g/mol. The zero-order chi connectivity index (χ0) is 18.0. The lowest BCUT2D eigenvalue weighted by atomic mass is 10.1. The van der Waals surface area contributed by atoms with E-state index in [0.717, 1.165) is 4.88 Å². The minimum absolute atomic E-state index is 0.0259. The van der Waals surface area contributed by atoms with Crippen LogP contribution in [0.3, 0.4) is 0 Å². The van der Waals surface area contributed by atoms with Gasteiger partial charge in [0.05, 0.1) is 13.7 Å². The maximum absolute atomic E-state index is 12.4. The van der Waals surface area contributed by atoms with E-state index in [-0.39, 0.29) is 17.7 Å². The van der Waals surface area contributed by atoms with Crippen LogP contribution in [0.4, 0.5) is 0 Å². The molecule has 0 aliphatic carbocycles. The van der Waals surface area contributed by atoms with Crippen LogP contribution >= 0.6 is 11.3 Å². The number of carbonyl (C=O) groups is 1. The van der Waals surface area contributed by atoms with Crippen molar-refractivity contribution in [2.75, 3.05) is 13.7 Å². The van der Waals surface area contributed by atoms with Crippen LogP contribution in [-0.4, -0.2) is 24.7 Å². The molecule has 0 aliphatic rings. The van der Waals surface area contributed by atoms with Gasteiger partial charge in [0, 0.05) is 10.3 Å². The summed E-state index contributed by atoms with van der Waals surface area (Å²) in [6.45, 7) is 1.58. The standard InChI is InChI=1S/C18H17NO5S/c1-18(22,14-7-4-8-25-14)10-19-16(20)12-9-11-5-3-6-13(23-2)15(11)24-17(12)21/h3-9,22H,10H2,1-2H3,(H,19,20). The van der Waals surface area contributed by atoms with Crippen molar-refractivity contribution in [1.82, 2.24) is 5.32 Å². The molecule has 130 valence electrons. The summed E-state index contributed by atoms with van der Waals surface area (Å²) in [5.74, 6) is -0.183. The van der Waals surface area contributed by atoms with Crippen molar-refractivity contribution in [2.45, 2.75) is 12.5 Å². The van der Waals surface area contributed by atoms with Crippen molar-refractivity contribution < 1.29 is 19.1 Å². The molecule has 0 fully saturated rings. The molecule has 1 unspecified atom stereocenters. The smallest absolute Gasteiger partial charge is 0.349 e. The van der Waals surface area contributed by atoms with E-state index in [1.165, 1.54) is 24.5 Å². The van der Waals surface area contributed by atoms with Gasteiger partial charge in [-0.2, -0.15) is 0 Å². The maximum atomic E-state index is 12.4. The Balaban J connectivity index is 1.85. The Kier molecular flexibility index (Phi) is 4.61. The predicted octanol–water partition coefficient (Wildman–Crippen LogP) is 2.50. The fourth-order valence-corrected chi connectivity index (χ4v) is 3.24. The van der Waals surface area contributed by atoms with Crippen LogP contribution in [-0.2, 0) is 5.60 Å². The van der Waals surface area contributed by atoms with E-state index in [4.69, 9.17) is 9.15 Å². The van der Waals surface area contributed by atoms with Gasteiger partial charge < -0.3 is 19.6 Å². The number of amides is 1. The highest BCUT2D eigenvalue weighted by atomic mass is 32.1. The molecule has 6 nitrogen and oxygen atoms in total. The third-order valence-electron chi connectivity index (χ3n) is 3.83. The summed E-state index contributed by atoms with van der Waals surface area (Å²) >= 11 is 1.39. The molecule has 2 aromatic heterocycles. The third-order valence-corrected chi connectivity index (χ3v) is 4.96. The van der Waals surface area contributed by atoms with Crippen molar-refractivity contribution in [3.05, 3.63) is 62.6 Å². The highest BCUT2D eigenvalue weighted by molar-refractivity contribution is 7.10. The number of fused-ring (bicyclic) bond motifs is 1. The van der Waals surface area contributed by atoms with Gasteiger partial charge in [-0.15, -0.1) is 11.3 Å². The van der Waals surface area contributed by atoms with Crippen molar-refractivity contribution >= 4 is 28.2 Å². The highest BCUT2D eigenvalue weighted by Crippen LogP contribution is 2.25. The van der Waals surface area contributed by atoms with Crippen molar-refractivity contribution in [1.29, 1.82) is 0 Å². The van der Waals surface area contributed by atoms with E-state index >= 15 is 0 Å². The number of carbonyl (C=O) groups excluding carboxylic acids is 1. The molecular formula is C18H17NO5S. The Morgan fingerprint density at radius 2 is 2.16 bits per heavy atom. The van der Waals surface area contributed by atoms with Crippen LogP contribution in [0.5, 0.6) is 5.75 Å². The molecule has 1 amide bonds. The highest BCUT2D eigenvalue weighted by Gasteiger charge is 2.26. The van der Waals surface area contributed by atoms with Crippen molar-refractivity contribution in [3.63, 3.8) is 0 Å². The van der Waals surface area contributed by atoms with E-state index in [0.29, 0.717) is 11.1 Å². The van der Waals surface area contributed by atoms with E-state index < -0.39 is 17.1 Å². The summed E-state index contributed by atoms with van der Waals surface area (Å²) in [5, 5.41) is 15.5. The Morgan fingerprint density at radius 1 is 1.36 bits per heavy atom. The number of nitrogens with one attached hydrogen (secondary N) is 1. The van der Waals surface area contributed by atoms with Gasteiger partial charge in [-0.1, -0.05) is 18.2 Å². The van der Waals surface area contributed by atoms with Crippen molar-refractivity contribution in [2.24, 2.45) is 0 Å². The molecule has 0 saturated carbocycles. The Hall–Kier alpha value is -2.64. The molecule has 0 saturated heterocycles. The van der Waals surface area contributed by atoms with Crippen LogP contribution in [0.15, 0.2) is 51.0 Å². The fourth-order valence-electron chi connectivity index (χ4n) is 2.46. The van der Waals surface area contributed by atoms with E-state index in [1.807, 2.05) is 11.4 Å². The summed E-state index contributed by atoms with van der Waals surface area (Å²) in [5.41, 5.74) is -1.81. The van der Waals surface area contributed by atoms with Crippen LogP contribution in [0, 0.1) is 0 Å². The van der Waals surface area contributed by atoms with Crippen LogP contribution in [0.1, 0.15) is 22.2 Å². The number of methoxy groups -OCH3 is 1. The number of ether oxygens (including phenoxy) is 1. The third kappa shape index (κ3) is 3.42. The molecule has 0 bridgehead atoms. The molecule has 0 spiro atoms. The average Bonchev–Trinajstić information content (AvgIpc) is 3.14. The summed E-state index contributed by atoms with van der Waals surface area (Å²) in [6, 6.07) is 10.2. The van der Waals surface area contributed by atoms with E-state index in [9.17, 15) is 14.7 Å². The van der Waals surface area contributed by atoms with E-state index in [2.05, 4.69) is 5.32 Å². The van der Waals surface area contributed by atoms with Crippen LogP contribution in [0.2, 0.25) is 0 Å². The van der Waals surface area contributed by atoms with Crippen molar-refractivity contribution in [3.8, 4) is 5.75 Å². The van der Waals surface area contributed by atoms with Gasteiger partial charge in [-0.25, -0.2) is 4.79 Å². The van der Waals surface area contributed by atoms with Crippen LogP contribution in [0.25, 0.3) is 11.0 Å². The Bertz CT molecular complexity index is 959. The summed E-state index contributed by atoms with van der Waals surface area (Å²) in [4.78, 5) is 25.2. The van der Waals surface area contributed by atoms with E-state index in [1.54, 1.807) is 31.2 Å².